The van der Waals surface area contributed by atoms with Gasteiger partial charge in [0.2, 0.25) is 0 Å². The molecule has 0 N–H and O–H groups in total. The quantitative estimate of drug-likeness (QED) is 0.175. The van der Waals surface area contributed by atoms with Crippen LogP contribution in [0.2, 0.25) is 0 Å². The summed E-state index contributed by atoms with van der Waals surface area (Å²) in [5, 5.41) is 9.60. The van der Waals surface area contributed by atoms with Crippen LogP contribution in [0.15, 0.2) is 194 Å². The lowest BCUT2D eigenvalue weighted by atomic mass is 9.55. The lowest BCUT2D eigenvalue weighted by molar-refractivity contribution is 0.563. The van der Waals surface area contributed by atoms with Gasteiger partial charge in [-0.25, -0.2) is 15.0 Å². The third-order valence-electron chi connectivity index (χ3n) is 12.6. The number of hydrogen-bond acceptors (Lipinski definition) is 4. The van der Waals surface area contributed by atoms with Crippen LogP contribution in [0.1, 0.15) is 52.8 Å². The molecule has 0 atom stereocenters. The van der Waals surface area contributed by atoms with Crippen LogP contribution in [-0.2, 0) is 10.8 Å². The first-order valence-corrected chi connectivity index (χ1v) is 20.4. The van der Waals surface area contributed by atoms with Gasteiger partial charge in [-0.2, -0.15) is 5.26 Å². The van der Waals surface area contributed by atoms with Gasteiger partial charge < -0.3 is 0 Å². The average Bonchev–Trinajstić information content (AvgIpc) is 3.62. The summed E-state index contributed by atoms with van der Waals surface area (Å²) in [6, 6.07) is 70.8. The van der Waals surface area contributed by atoms with Crippen molar-refractivity contribution >= 4 is 0 Å². The maximum atomic E-state index is 9.60. The minimum Gasteiger partial charge on any atom is -0.208 e. The van der Waals surface area contributed by atoms with Crippen molar-refractivity contribution in [2.24, 2.45) is 0 Å². The van der Waals surface area contributed by atoms with E-state index in [2.05, 4.69) is 147 Å². The van der Waals surface area contributed by atoms with Gasteiger partial charge >= 0.3 is 0 Å². The van der Waals surface area contributed by atoms with E-state index < -0.39 is 5.41 Å². The predicted molar refractivity (Wildman–Crippen MR) is 241 cm³/mol. The number of hydrogen-bond donors (Lipinski definition) is 0. The molecule has 60 heavy (non-hydrogen) atoms. The van der Waals surface area contributed by atoms with E-state index in [1.54, 1.807) is 0 Å². The Balaban J connectivity index is 1.13. The molecule has 1 aromatic heterocycles. The van der Waals surface area contributed by atoms with Crippen molar-refractivity contribution in [2.45, 2.75) is 24.7 Å². The Morgan fingerprint density at radius 3 is 1.55 bits per heavy atom. The molecule has 9 aromatic rings. The first-order chi connectivity index (χ1) is 29.4. The molecule has 1 spiro atoms. The predicted octanol–water partition coefficient (Wildman–Crippen LogP) is 13.1. The molecule has 8 aromatic carbocycles. The van der Waals surface area contributed by atoms with Crippen molar-refractivity contribution < 1.29 is 0 Å². The summed E-state index contributed by atoms with van der Waals surface area (Å²) < 4.78 is 0. The summed E-state index contributed by atoms with van der Waals surface area (Å²) >= 11 is 0. The molecule has 0 unspecified atom stereocenters. The normalized spacial score (nSPS) is 13.8. The Hall–Kier alpha value is -7.74. The molecule has 11 rings (SSSR count). The molecule has 1 heterocycles. The van der Waals surface area contributed by atoms with Crippen LogP contribution < -0.4 is 0 Å². The Morgan fingerprint density at radius 1 is 0.350 bits per heavy atom. The van der Waals surface area contributed by atoms with Gasteiger partial charge in [0, 0.05) is 22.1 Å². The van der Waals surface area contributed by atoms with E-state index >= 15 is 0 Å². The molecule has 282 valence electrons. The van der Waals surface area contributed by atoms with Crippen molar-refractivity contribution in [1.82, 2.24) is 15.0 Å². The van der Waals surface area contributed by atoms with Crippen molar-refractivity contribution in [3.63, 3.8) is 0 Å². The van der Waals surface area contributed by atoms with Gasteiger partial charge in [-0.1, -0.05) is 184 Å². The highest BCUT2D eigenvalue weighted by Crippen LogP contribution is 2.62. The molecular formula is C56H38N4. The summed E-state index contributed by atoms with van der Waals surface area (Å²) in [5.74, 6) is 1.78. The molecule has 0 radical (unpaired) electrons. The summed E-state index contributed by atoms with van der Waals surface area (Å²) in [4.78, 5) is 15.5. The molecule has 0 amide bonds. The molecule has 0 aliphatic heterocycles. The topological polar surface area (TPSA) is 62.5 Å². The van der Waals surface area contributed by atoms with E-state index in [-0.39, 0.29) is 5.41 Å². The lowest BCUT2D eigenvalue weighted by Crippen LogP contribution is -2.40. The van der Waals surface area contributed by atoms with Gasteiger partial charge in [0.15, 0.2) is 17.5 Å². The SMILES string of the molecule is CC1(C)c2ccccc2C2(c3ccccc3-c3ccccc32)c2cc(-c3ccccc3-c3nc(-c4ccccc4)nc(-c4cccc(-c5cccc(C#N)c5)c4)n3)ccc21. The highest BCUT2D eigenvalue weighted by atomic mass is 15.0. The molecule has 0 fully saturated rings. The van der Waals surface area contributed by atoms with Crippen LogP contribution in [0.3, 0.4) is 0 Å². The van der Waals surface area contributed by atoms with Crippen molar-refractivity contribution in [1.29, 1.82) is 5.26 Å². The number of fused-ring (bicyclic) bond motifs is 9. The lowest BCUT2D eigenvalue weighted by Gasteiger charge is -2.47. The number of nitriles is 1. The molecule has 0 saturated carbocycles. The van der Waals surface area contributed by atoms with Crippen molar-refractivity contribution in [2.75, 3.05) is 0 Å². The van der Waals surface area contributed by atoms with Crippen LogP contribution >= 0.6 is 0 Å². The Morgan fingerprint density at radius 2 is 0.850 bits per heavy atom. The standard InChI is InChI=1S/C56H38N4/c1-55(2)48-28-12-13-29-50(48)56(46-26-10-8-23-43(46)44-24-9-11-27-47(44)56)51-34-40(30-31-49(51)55)42-22-6-7-25-45(42)54-59-52(37-17-4-3-5-18-37)58-53(60-54)41-21-15-20-39(33-41)38-19-14-16-36(32-38)35-57/h3-34H,1-2H3. The number of nitrogens with zero attached hydrogens (tertiary/aromatic N) is 4. The maximum absolute atomic E-state index is 9.60. The molecule has 4 heteroatoms. The van der Waals surface area contributed by atoms with Gasteiger partial charge in [-0.05, 0) is 91.0 Å². The summed E-state index contributed by atoms with van der Waals surface area (Å²) in [6.45, 7) is 4.73. The Bertz CT molecular complexity index is 3160. The minimum atomic E-state index is -0.502. The number of benzene rings is 8. The van der Waals surface area contributed by atoms with E-state index in [0.29, 0.717) is 23.0 Å². The third kappa shape index (κ3) is 5.33. The first-order valence-electron chi connectivity index (χ1n) is 20.4. The largest absolute Gasteiger partial charge is 0.208 e. The molecule has 2 aliphatic carbocycles. The van der Waals surface area contributed by atoms with Gasteiger partial charge in [-0.3, -0.25) is 0 Å². The minimum absolute atomic E-state index is 0.236. The fourth-order valence-electron chi connectivity index (χ4n) is 9.91. The van der Waals surface area contributed by atoms with Gasteiger partial charge in [0.05, 0.1) is 17.0 Å². The summed E-state index contributed by atoms with van der Waals surface area (Å²) in [5.41, 5.74) is 17.2. The second-order valence-electron chi connectivity index (χ2n) is 16.3. The monoisotopic (exact) mass is 766 g/mol. The molecule has 4 nitrogen and oxygen atoms in total. The van der Waals surface area contributed by atoms with E-state index in [0.717, 1.165) is 38.9 Å². The van der Waals surface area contributed by atoms with E-state index in [1.807, 2.05) is 66.7 Å². The third-order valence-corrected chi connectivity index (χ3v) is 12.6. The zero-order chi connectivity index (χ0) is 40.4. The summed E-state index contributed by atoms with van der Waals surface area (Å²) in [6.07, 6.45) is 0. The van der Waals surface area contributed by atoms with Gasteiger partial charge in [0.25, 0.3) is 0 Å². The van der Waals surface area contributed by atoms with E-state index in [9.17, 15) is 5.26 Å². The zero-order valence-corrected chi connectivity index (χ0v) is 33.3. The second-order valence-corrected chi connectivity index (χ2v) is 16.3. The Labute approximate surface area is 350 Å². The van der Waals surface area contributed by atoms with Crippen LogP contribution in [0.4, 0.5) is 0 Å². The van der Waals surface area contributed by atoms with Gasteiger partial charge in [-0.15, -0.1) is 0 Å². The fourth-order valence-corrected chi connectivity index (χ4v) is 9.91. The maximum Gasteiger partial charge on any atom is 0.164 e. The van der Waals surface area contributed by atoms with E-state index in [4.69, 9.17) is 15.0 Å². The highest BCUT2D eigenvalue weighted by Gasteiger charge is 2.53. The van der Waals surface area contributed by atoms with Gasteiger partial charge in [0.1, 0.15) is 0 Å². The number of aromatic nitrogens is 3. The number of rotatable bonds is 5. The fraction of sp³-hybridized carbons (Fsp3) is 0.0714. The molecular weight excluding hydrogens is 729 g/mol. The molecule has 0 saturated heterocycles. The smallest absolute Gasteiger partial charge is 0.164 e. The second kappa shape index (κ2) is 13.7. The van der Waals surface area contributed by atoms with Crippen LogP contribution in [0, 0.1) is 11.3 Å². The molecule has 2 aliphatic rings. The van der Waals surface area contributed by atoms with Crippen LogP contribution in [-0.4, -0.2) is 15.0 Å². The average molecular weight is 767 g/mol. The summed E-state index contributed by atoms with van der Waals surface area (Å²) in [7, 11) is 0. The van der Waals surface area contributed by atoms with Crippen LogP contribution in [0.25, 0.3) is 67.5 Å². The van der Waals surface area contributed by atoms with Crippen molar-refractivity contribution in [3.05, 3.63) is 233 Å². The first kappa shape index (κ1) is 35.4. The van der Waals surface area contributed by atoms with Crippen molar-refractivity contribution in [3.8, 4) is 73.6 Å². The zero-order valence-electron chi connectivity index (χ0n) is 33.3. The van der Waals surface area contributed by atoms with Crippen LogP contribution in [0.5, 0.6) is 0 Å². The Kier molecular flexibility index (Phi) is 8.08. The highest BCUT2D eigenvalue weighted by molar-refractivity contribution is 5.90. The molecule has 0 bridgehead atoms. The van der Waals surface area contributed by atoms with E-state index in [1.165, 1.54) is 44.5 Å².